The number of benzene rings is 1. The Bertz CT molecular complexity index is 533. The summed E-state index contributed by atoms with van der Waals surface area (Å²) in [6, 6.07) is 12.0. The summed E-state index contributed by atoms with van der Waals surface area (Å²) >= 11 is 0. The van der Waals surface area contributed by atoms with Crippen molar-refractivity contribution in [1.29, 1.82) is 0 Å². The Balaban J connectivity index is 2.14. The number of hydrogen-bond donors (Lipinski definition) is 0. The molecule has 1 heterocycles. The molecular formula is C13H10N2O2. The van der Waals surface area contributed by atoms with Crippen LogP contribution in [0.15, 0.2) is 48.7 Å². The lowest BCUT2D eigenvalue weighted by atomic mass is 10.2. The molecule has 84 valence electrons. The van der Waals surface area contributed by atoms with E-state index in [1.165, 1.54) is 12.1 Å². The van der Waals surface area contributed by atoms with Crippen molar-refractivity contribution < 1.29 is 4.92 Å². The second kappa shape index (κ2) is 5.03. The highest BCUT2D eigenvalue weighted by atomic mass is 16.6. The summed E-state index contributed by atoms with van der Waals surface area (Å²) in [4.78, 5) is 14.2. The maximum atomic E-state index is 10.5. The van der Waals surface area contributed by atoms with Gasteiger partial charge in [-0.2, -0.15) is 0 Å². The van der Waals surface area contributed by atoms with Crippen molar-refractivity contribution in [3.05, 3.63) is 70.0 Å². The van der Waals surface area contributed by atoms with Gasteiger partial charge in [0.15, 0.2) is 0 Å². The van der Waals surface area contributed by atoms with Gasteiger partial charge in [0, 0.05) is 18.3 Å². The quantitative estimate of drug-likeness (QED) is 0.596. The average molecular weight is 226 g/mol. The highest BCUT2D eigenvalue weighted by Gasteiger charge is 2.01. The van der Waals surface area contributed by atoms with E-state index in [0.717, 1.165) is 11.3 Å². The van der Waals surface area contributed by atoms with E-state index in [0.29, 0.717) is 0 Å². The number of hydrogen-bond acceptors (Lipinski definition) is 3. The first kappa shape index (κ1) is 11.0. The molecule has 1 aromatic carbocycles. The fraction of sp³-hybridized carbons (Fsp3) is 0. The maximum absolute atomic E-state index is 10.5. The molecule has 4 nitrogen and oxygen atoms in total. The highest BCUT2D eigenvalue weighted by Crippen LogP contribution is 2.13. The second-order valence-corrected chi connectivity index (χ2v) is 3.44. The number of rotatable bonds is 3. The molecule has 0 saturated carbocycles. The first-order valence-corrected chi connectivity index (χ1v) is 5.09. The molecule has 0 radical (unpaired) electrons. The van der Waals surface area contributed by atoms with Crippen molar-refractivity contribution in [2.45, 2.75) is 0 Å². The zero-order chi connectivity index (χ0) is 12.1. The smallest absolute Gasteiger partial charge is 0.258 e. The Labute approximate surface area is 98.4 Å². The molecular weight excluding hydrogens is 216 g/mol. The Hall–Kier alpha value is -2.49. The summed E-state index contributed by atoms with van der Waals surface area (Å²) < 4.78 is 0. The van der Waals surface area contributed by atoms with Gasteiger partial charge in [0.25, 0.3) is 5.69 Å². The number of non-ortho nitro benzene ring substituents is 1. The number of nitro benzene ring substituents is 1. The fourth-order valence-electron chi connectivity index (χ4n) is 1.36. The lowest BCUT2D eigenvalue weighted by Crippen LogP contribution is -1.86. The van der Waals surface area contributed by atoms with Crippen LogP contribution in [0.25, 0.3) is 12.2 Å². The van der Waals surface area contributed by atoms with Gasteiger partial charge in [0.1, 0.15) is 0 Å². The Morgan fingerprint density at radius 3 is 2.41 bits per heavy atom. The van der Waals surface area contributed by atoms with Crippen LogP contribution in [0, 0.1) is 10.1 Å². The van der Waals surface area contributed by atoms with Crippen LogP contribution >= 0.6 is 0 Å². The average Bonchev–Trinajstić information content (AvgIpc) is 2.38. The minimum absolute atomic E-state index is 0.0972. The predicted octanol–water partition coefficient (Wildman–Crippen LogP) is 3.16. The molecule has 0 spiro atoms. The monoisotopic (exact) mass is 226 g/mol. The van der Waals surface area contributed by atoms with Gasteiger partial charge < -0.3 is 0 Å². The Morgan fingerprint density at radius 1 is 1.06 bits per heavy atom. The number of nitrogens with zero attached hydrogens (tertiary/aromatic N) is 2. The van der Waals surface area contributed by atoms with E-state index in [1.807, 2.05) is 30.4 Å². The van der Waals surface area contributed by atoms with Gasteiger partial charge in [-0.1, -0.05) is 12.1 Å². The molecule has 0 saturated heterocycles. The third-order valence-corrected chi connectivity index (χ3v) is 2.24. The third kappa shape index (κ3) is 2.98. The molecule has 2 aromatic rings. The van der Waals surface area contributed by atoms with E-state index < -0.39 is 4.92 Å². The summed E-state index contributed by atoms with van der Waals surface area (Å²) in [6.45, 7) is 0. The van der Waals surface area contributed by atoms with Crippen LogP contribution < -0.4 is 0 Å². The van der Waals surface area contributed by atoms with Crippen LogP contribution in [0.5, 0.6) is 0 Å². The molecule has 1 aromatic heterocycles. The molecule has 0 unspecified atom stereocenters. The fourth-order valence-corrected chi connectivity index (χ4v) is 1.36. The third-order valence-electron chi connectivity index (χ3n) is 2.24. The number of nitro groups is 1. The standard InChI is InChI=1S/C13H10N2O2/c16-15(17)13-8-5-11(6-9-13)4-7-12-3-1-2-10-14-12/h1-10H/b7-4+. The van der Waals surface area contributed by atoms with Gasteiger partial charge in [-0.3, -0.25) is 15.1 Å². The molecule has 0 N–H and O–H groups in total. The predicted molar refractivity (Wildman–Crippen MR) is 66.3 cm³/mol. The van der Waals surface area contributed by atoms with Crippen LogP contribution in [0.1, 0.15) is 11.3 Å². The van der Waals surface area contributed by atoms with Crippen LogP contribution in [-0.2, 0) is 0 Å². The first-order chi connectivity index (χ1) is 8.25. The minimum atomic E-state index is -0.410. The molecule has 2 rings (SSSR count). The molecule has 0 fully saturated rings. The summed E-state index contributed by atoms with van der Waals surface area (Å²) in [5, 5.41) is 10.5. The second-order valence-electron chi connectivity index (χ2n) is 3.44. The van der Waals surface area contributed by atoms with Crippen molar-refractivity contribution in [3.8, 4) is 0 Å². The zero-order valence-corrected chi connectivity index (χ0v) is 8.98. The zero-order valence-electron chi connectivity index (χ0n) is 8.98. The molecule has 0 bridgehead atoms. The van der Waals surface area contributed by atoms with Gasteiger partial charge in [0.2, 0.25) is 0 Å². The Morgan fingerprint density at radius 2 is 1.82 bits per heavy atom. The first-order valence-electron chi connectivity index (χ1n) is 5.09. The van der Waals surface area contributed by atoms with Gasteiger partial charge >= 0.3 is 0 Å². The normalized spacial score (nSPS) is 10.6. The van der Waals surface area contributed by atoms with Crippen LogP contribution in [0.3, 0.4) is 0 Å². The van der Waals surface area contributed by atoms with E-state index >= 15 is 0 Å². The molecule has 17 heavy (non-hydrogen) atoms. The summed E-state index contributed by atoms with van der Waals surface area (Å²) in [6.07, 6.45) is 5.45. The molecule has 0 aliphatic carbocycles. The summed E-state index contributed by atoms with van der Waals surface area (Å²) in [5.41, 5.74) is 1.85. The Kier molecular flexibility index (Phi) is 3.25. The van der Waals surface area contributed by atoms with Gasteiger partial charge in [-0.25, -0.2) is 0 Å². The lowest BCUT2D eigenvalue weighted by Gasteiger charge is -1.94. The topological polar surface area (TPSA) is 56.0 Å². The van der Waals surface area contributed by atoms with Gasteiger partial charge in [-0.05, 0) is 35.9 Å². The van der Waals surface area contributed by atoms with Crippen LogP contribution in [0.4, 0.5) is 5.69 Å². The minimum Gasteiger partial charge on any atom is -0.258 e. The summed E-state index contributed by atoms with van der Waals surface area (Å²) in [5.74, 6) is 0. The number of pyridine rings is 1. The van der Waals surface area contributed by atoms with E-state index in [4.69, 9.17) is 0 Å². The van der Waals surface area contributed by atoms with E-state index in [9.17, 15) is 10.1 Å². The summed E-state index contributed by atoms with van der Waals surface area (Å²) in [7, 11) is 0. The molecule has 4 heteroatoms. The van der Waals surface area contributed by atoms with Gasteiger partial charge in [0.05, 0.1) is 10.6 Å². The van der Waals surface area contributed by atoms with Crippen molar-refractivity contribution in [3.63, 3.8) is 0 Å². The van der Waals surface area contributed by atoms with Crippen molar-refractivity contribution in [2.75, 3.05) is 0 Å². The van der Waals surface area contributed by atoms with E-state index in [-0.39, 0.29) is 5.69 Å². The molecule has 0 amide bonds. The van der Waals surface area contributed by atoms with Crippen molar-refractivity contribution in [1.82, 2.24) is 4.98 Å². The van der Waals surface area contributed by atoms with Crippen LogP contribution in [-0.4, -0.2) is 9.91 Å². The van der Waals surface area contributed by atoms with Crippen molar-refractivity contribution >= 4 is 17.8 Å². The van der Waals surface area contributed by atoms with Gasteiger partial charge in [-0.15, -0.1) is 0 Å². The largest absolute Gasteiger partial charge is 0.269 e. The lowest BCUT2D eigenvalue weighted by molar-refractivity contribution is -0.384. The van der Waals surface area contributed by atoms with E-state index in [2.05, 4.69) is 4.98 Å². The van der Waals surface area contributed by atoms with E-state index in [1.54, 1.807) is 18.3 Å². The SMILES string of the molecule is O=[N+]([O-])c1ccc(/C=C/c2ccccn2)cc1. The molecule has 0 aliphatic heterocycles. The van der Waals surface area contributed by atoms with Crippen molar-refractivity contribution in [2.24, 2.45) is 0 Å². The molecule has 0 atom stereocenters. The number of aromatic nitrogens is 1. The highest BCUT2D eigenvalue weighted by molar-refractivity contribution is 5.68. The molecule has 0 aliphatic rings. The van der Waals surface area contributed by atoms with Crippen LogP contribution in [0.2, 0.25) is 0 Å². The maximum Gasteiger partial charge on any atom is 0.269 e.